The molecule has 0 spiro atoms. The van der Waals surface area contributed by atoms with Crippen molar-refractivity contribution in [2.24, 2.45) is 0 Å². The number of hydrogen-bond acceptors (Lipinski definition) is 4. The first-order valence-electron chi connectivity index (χ1n) is 8.98. The van der Waals surface area contributed by atoms with Gasteiger partial charge in [0.1, 0.15) is 6.61 Å². The maximum absolute atomic E-state index is 11.1. The van der Waals surface area contributed by atoms with Gasteiger partial charge in [-0.05, 0) is 47.5 Å². The van der Waals surface area contributed by atoms with Crippen LogP contribution >= 0.6 is 46.4 Å². The predicted octanol–water partition coefficient (Wildman–Crippen LogP) is 7.20. The van der Waals surface area contributed by atoms with Crippen LogP contribution in [0.15, 0.2) is 48.5 Å². The monoisotopic (exact) mass is 499 g/mol. The highest BCUT2D eigenvalue weighted by Crippen LogP contribution is 2.35. The Morgan fingerprint density at radius 2 is 1.68 bits per heavy atom. The van der Waals surface area contributed by atoms with Crippen molar-refractivity contribution in [3.05, 3.63) is 85.3 Å². The van der Waals surface area contributed by atoms with Crippen molar-refractivity contribution in [1.29, 1.82) is 0 Å². The summed E-state index contributed by atoms with van der Waals surface area (Å²) in [5.41, 5.74) is 2.30. The van der Waals surface area contributed by atoms with Gasteiger partial charge in [-0.1, -0.05) is 52.5 Å². The molecule has 3 aromatic rings. The van der Waals surface area contributed by atoms with Crippen LogP contribution in [0.4, 0.5) is 5.69 Å². The molecule has 0 heterocycles. The van der Waals surface area contributed by atoms with Crippen molar-refractivity contribution < 1.29 is 19.4 Å². The molecule has 0 saturated carbocycles. The van der Waals surface area contributed by atoms with Crippen molar-refractivity contribution in [3.8, 4) is 11.5 Å². The second kappa shape index (κ2) is 10.3. The van der Waals surface area contributed by atoms with E-state index in [9.17, 15) is 4.79 Å². The number of nitrogens with one attached hydrogen (secondary N) is 1. The van der Waals surface area contributed by atoms with Crippen LogP contribution in [0.5, 0.6) is 11.5 Å². The van der Waals surface area contributed by atoms with E-state index in [1.54, 1.807) is 36.4 Å². The van der Waals surface area contributed by atoms with Crippen molar-refractivity contribution in [1.82, 2.24) is 0 Å². The highest BCUT2D eigenvalue weighted by Gasteiger charge is 2.13. The number of benzene rings is 3. The molecule has 0 saturated heterocycles. The lowest BCUT2D eigenvalue weighted by Crippen LogP contribution is -2.04. The van der Waals surface area contributed by atoms with Gasteiger partial charge in [-0.2, -0.15) is 0 Å². The summed E-state index contributed by atoms with van der Waals surface area (Å²) in [7, 11) is 1.54. The third-order valence-electron chi connectivity index (χ3n) is 4.39. The minimum atomic E-state index is -1.08. The van der Waals surface area contributed by atoms with E-state index in [1.807, 2.05) is 6.07 Å². The number of methoxy groups -OCH3 is 1. The second-order valence-electron chi connectivity index (χ2n) is 6.48. The fourth-order valence-corrected chi connectivity index (χ4v) is 3.57. The topological polar surface area (TPSA) is 67.8 Å². The lowest BCUT2D eigenvalue weighted by molar-refractivity contribution is 0.0697. The zero-order valence-electron chi connectivity index (χ0n) is 16.2. The Kier molecular flexibility index (Phi) is 7.79. The molecule has 0 aromatic heterocycles. The smallest absolute Gasteiger partial charge is 0.337 e. The van der Waals surface area contributed by atoms with Crippen LogP contribution in [0.1, 0.15) is 21.5 Å². The van der Waals surface area contributed by atoms with Gasteiger partial charge in [0.25, 0.3) is 0 Å². The third kappa shape index (κ3) is 5.89. The van der Waals surface area contributed by atoms with Gasteiger partial charge in [-0.3, -0.25) is 0 Å². The summed E-state index contributed by atoms with van der Waals surface area (Å²) in [5, 5.41) is 13.8. The van der Waals surface area contributed by atoms with E-state index < -0.39 is 5.97 Å². The predicted molar refractivity (Wildman–Crippen MR) is 125 cm³/mol. The average Bonchev–Trinajstić information content (AvgIpc) is 2.73. The van der Waals surface area contributed by atoms with Crippen LogP contribution in [-0.4, -0.2) is 18.2 Å². The van der Waals surface area contributed by atoms with Gasteiger partial charge in [0.15, 0.2) is 11.5 Å². The van der Waals surface area contributed by atoms with Gasteiger partial charge in [0, 0.05) is 23.3 Å². The summed E-state index contributed by atoms with van der Waals surface area (Å²) in [6.45, 7) is 0.626. The van der Waals surface area contributed by atoms with E-state index in [2.05, 4.69) is 5.32 Å². The molecule has 0 fully saturated rings. The molecule has 0 aliphatic carbocycles. The first kappa shape index (κ1) is 23.4. The minimum absolute atomic E-state index is 0.0374. The standard InChI is InChI=1S/C22H17Cl4NO4/c1-30-20-7-13(10-27-14-3-4-15(22(28)29)18(25)8-14)17(24)9-21(20)31-11-12-2-5-16(23)19(26)6-12/h2-9,27H,10-11H2,1H3,(H,28,29). The summed E-state index contributed by atoms with van der Waals surface area (Å²) in [6, 6.07) is 13.3. The van der Waals surface area contributed by atoms with Crippen molar-refractivity contribution >= 4 is 58.1 Å². The van der Waals surface area contributed by atoms with E-state index in [0.717, 1.165) is 11.1 Å². The Hall–Kier alpha value is -2.31. The van der Waals surface area contributed by atoms with Crippen LogP contribution in [0.2, 0.25) is 20.1 Å². The number of rotatable bonds is 8. The van der Waals surface area contributed by atoms with Crippen LogP contribution in [-0.2, 0) is 13.2 Å². The third-order valence-corrected chi connectivity index (χ3v) is 5.80. The Morgan fingerprint density at radius 1 is 0.903 bits per heavy atom. The molecule has 0 bridgehead atoms. The molecular formula is C22H17Cl4NO4. The fourth-order valence-electron chi connectivity index (χ4n) is 2.77. The first-order chi connectivity index (χ1) is 14.8. The van der Waals surface area contributed by atoms with Gasteiger partial charge in [0.05, 0.1) is 27.7 Å². The zero-order chi connectivity index (χ0) is 22.5. The van der Waals surface area contributed by atoms with Crippen LogP contribution in [0.25, 0.3) is 0 Å². The first-order valence-corrected chi connectivity index (χ1v) is 10.5. The number of halogens is 4. The quantitative estimate of drug-likeness (QED) is 0.342. The maximum Gasteiger partial charge on any atom is 0.337 e. The highest BCUT2D eigenvalue weighted by molar-refractivity contribution is 6.42. The summed E-state index contributed by atoms with van der Waals surface area (Å²) in [6.07, 6.45) is 0. The average molecular weight is 501 g/mol. The molecule has 0 unspecified atom stereocenters. The SMILES string of the molecule is COc1cc(CNc2ccc(C(=O)O)c(Cl)c2)c(Cl)cc1OCc1ccc(Cl)c(Cl)c1. The number of carbonyl (C=O) groups is 1. The van der Waals surface area contributed by atoms with E-state index in [-0.39, 0.29) is 17.2 Å². The molecule has 0 aliphatic rings. The lowest BCUT2D eigenvalue weighted by atomic mass is 10.1. The largest absolute Gasteiger partial charge is 0.493 e. The van der Waals surface area contributed by atoms with E-state index in [1.165, 1.54) is 13.2 Å². The molecule has 31 heavy (non-hydrogen) atoms. The molecule has 2 N–H and O–H groups in total. The molecule has 0 amide bonds. The highest BCUT2D eigenvalue weighted by atomic mass is 35.5. The molecule has 5 nitrogen and oxygen atoms in total. The lowest BCUT2D eigenvalue weighted by Gasteiger charge is -2.15. The Balaban J connectivity index is 1.72. The van der Waals surface area contributed by atoms with E-state index >= 15 is 0 Å². The molecule has 3 rings (SSSR count). The van der Waals surface area contributed by atoms with Crippen molar-refractivity contribution in [2.75, 3.05) is 12.4 Å². The van der Waals surface area contributed by atoms with Crippen molar-refractivity contribution in [3.63, 3.8) is 0 Å². The van der Waals surface area contributed by atoms with Gasteiger partial charge in [-0.25, -0.2) is 4.79 Å². The molecule has 0 radical (unpaired) electrons. The Morgan fingerprint density at radius 3 is 2.32 bits per heavy atom. The van der Waals surface area contributed by atoms with Gasteiger partial charge < -0.3 is 19.9 Å². The number of hydrogen-bond donors (Lipinski definition) is 2. The van der Waals surface area contributed by atoms with Crippen molar-refractivity contribution in [2.45, 2.75) is 13.2 Å². The van der Waals surface area contributed by atoms with Gasteiger partial charge in [-0.15, -0.1) is 0 Å². The van der Waals surface area contributed by atoms with Crippen LogP contribution in [0.3, 0.4) is 0 Å². The second-order valence-corrected chi connectivity index (χ2v) is 8.11. The Labute approximate surface area is 199 Å². The molecule has 0 aliphatic heterocycles. The van der Waals surface area contributed by atoms with E-state index in [0.29, 0.717) is 38.8 Å². The number of anilines is 1. The number of carboxylic acids is 1. The molecule has 162 valence electrons. The maximum atomic E-state index is 11.1. The molecule has 0 atom stereocenters. The summed E-state index contributed by atoms with van der Waals surface area (Å²) in [4.78, 5) is 11.1. The number of ether oxygens (including phenoxy) is 2. The van der Waals surface area contributed by atoms with Crippen LogP contribution < -0.4 is 14.8 Å². The number of carboxylic acid groups (broad SMARTS) is 1. The normalized spacial score (nSPS) is 10.6. The van der Waals surface area contributed by atoms with Crippen LogP contribution in [0, 0.1) is 0 Å². The molecule has 3 aromatic carbocycles. The molecular weight excluding hydrogens is 484 g/mol. The zero-order valence-corrected chi connectivity index (χ0v) is 19.2. The van der Waals surface area contributed by atoms with Gasteiger partial charge in [0.2, 0.25) is 0 Å². The van der Waals surface area contributed by atoms with E-state index in [4.69, 9.17) is 61.0 Å². The fraction of sp³-hybridized carbons (Fsp3) is 0.136. The minimum Gasteiger partial charge on any atom is -0.493 e. The number of aromatic carboxylic acids is 1. The summed E-state index contributed by atoms with van der Waals surface area (Å²) < 4.78 is 11.3. The summed E-state index contributed by atoms with van der Waals surface area (Å²) in [5.74, 6) is -0.0857. The molecule has 9 heteroatoms. The Bertz CT molecular complexity index is 1120. The van der Waals surface area contributed by atoms with Gasteiger partial charge >= 0.3 is 5.97 Å². The summed E-state index contributed by atoms with van der Waals surface area (Å²) >= 11 is 24.4.